The molecule has 1 aromatic carbocycles. The summed E-state index contributed by atoms with van der Waals surface area (Å²) in [6.45, 7) is 6.08. The zero-order valence-electron chi connectivity index (χ0n) is 13.1. The van der Waals surface area contributed by atoms with Crippen molar-refractivity contribution in [2.24, 2.45) is 10.7 Å². The van der Waals surface area contributed by atoms with Crippen LogP contribution in [0.4, 0.5) is 5.69 Å². The fraction of sp³-hybridized carbons (Fsp3) is 0.588. The van der Waals surface area contributed by atoms with E-state index in [0.717, 1.165) is 37.2 Å². The predicted octanol–water partition coefficient (Wildman–Crippen LogP) is 2.93. The Kier molecular flexibility index (Phi) is 5.62. The van der Waals surface area contributed by atoms with Crippen LogP contribution in [0.3, 0.4) is 0 Å². The van der Waals surface area contributed by atoms with Gasteiger partial charge in [0.05, 0.1) is 6.04 Å². The third-order valence-corrected chi connectivity index (χ3v) is 4.33. The van der Waals surface area contributed by atoms with Crippen molar-refractivity contribution in [3.05, 3.63) is 23.8 Å². The lowest BCUT2D eigenvalue weighted by Gasteiger charge is -2.25. The van der Waals surface area contributed by atoms with Gasteiger partial charge in [-0.15, -0.1) is 0 Å². The minimum absolute atomic E-state index is 0.159. The van der Waals surface area contributed by atoms with Crippen LogP contribution in [0, 0.1) is 0 Å². The van der Waals surface area contributed by atoms with Crippen LogP contribution in [-0.4, -0.2) is 36.5 Å². The number of hydrogen-bond donors (Lipinski definition) is 2. The number of anilines is 1. The van der Waals surface area contributed by atoms with Crippen LogP contribution in [0.15, 0.2) is 23.2 Å². The Morgan fingerprint density at radius 2 is 2.00 bits per heavy atom. The first-order valence-corrected chi connectivity index (χ1v) is 8.02. The molecule has 21 heavy (non-hydrogen) atoms. The number of phenols is 1. The van der Waals surface area contributed by atoms with Crippen molar-refractivity contribution in [2.75, 3.05) is 18.0 Å². The number of benzene rings is 1. The van der Waals surface area contributed by atoms with Crippen LogP contribution in [0.1, 0.15) is 45.1 Å². The smallest absolute Gasteiger partial charge is 0.126 e. The van der Waals surface area contributed by atoms with Gasteiger partial charge in [0.15, 0.2) is 0 Å². The molecule has 0 aromatic heterocycles. The highest BCUT2D eigenvalue weighted by molar-refractivity contribution is 5.84. The Hall–Kier alpha value is -1.55. The number of hydrogen-bond acceptors (Lipinski definition) is 4. The van der Waals surface area contributed by atoms with Gasteiger partial charge in [-0.05, 0) is 38.8 Å². The molecule has 2 atom stereocenters. The molecule has 1 fully saturated rings. The number of aliphatic imine (C=N–C) groups is 1. The topological polar surface area (TPSA) is 61.8 Å². The molecule has 0 amide bonds. The molecular formula is C17H27N3O. The molecule has 1 aliphatic rings. The van der Waals surface area contributed by atoms with Gasteiger partial charge in [-0.2, -0.15) is 0 Å². The van der Waals surface area contributed by atoms with Gasteiger partial charge >= 0.3 is 0 Å². The van der Waals surface area contributed by atoms with Gasteiger partial charge < -0.3 is 15.7 Å². The Morgan fingerprint density at radius 3 is 2.62 bits per heavy atom. The maximum Gasteiger partial charge on any atom is 0.126 e. The van der Waals surface area contributed by atoms with Gasteiger partial charge in [0.2, 0.25) is 0 Å². The highest BCUT2D eigenvalue weighted by Crippen LogP contribution is 2.24. The molecular weight excluding hydrogens is 262 g/mol. The molecule has 0 heterocycles. The van der Waals surface area contributed by atoms with Crippen LogP contribution < -0.4 is 10.6 Å². The van der Waals surface area contributed by atoms with Crippen LogP contribution in [0.2, 0.25) is 0 Å². The van der Waals surface area contributed by atoms with Crippen molar-refractivity contribution < 1.29 is 5.11 Å². The Labute approximate surface area is 127 Å². The van der Waals surface area contributed by atoms with Crippen molar-refractivity contribution in [1.29, 1.82) is 0 Å². The van der Waals surface area contributed by atoms with Gasteiger partial charge in [0, 0.05) is 42.7 Å². The van der Waals surface area contributed by atoms with Crippen LogP contribution >= 0.6 is 0 Å². The molecule has 0 bridgehead atoms. The molecule has 0 spiro atoms. The molecule has 116 valence electrons. The van der Waals surface area contributed by atoms with E-state index in [4.69, 9.17) is 5.73 Å². The molecule has 0 saturated heterocycles. The fourth-order valence-electron chi connectivity index (χ4n) is 2.93. The number of phenolic OH excluding ortho intramolecular Hbond substituents is 1. The third-order valence-electron chi connectivity index (χ3n) is 4.33. The standard InChI is InChI=1S/C17H27N3O/c1-3-20(4-2)14-10-9-13(17(21)11-14)12-19-16-8-6-5-7-15(16)18/h9-12,15-16,21H,3-8,18H2,1-2H3/t15-,16-/m1/s1. The second kappa shape index (κ2) is 7.46. The first kappa shape index (κ1) is 15.8. The number of rotatable bonds is 5. The fourth-order valence-corrected chi connectivity index (χ4v) is 2.93. The zero-order chi connectivity index (χ0) is 15.2. The van der Waals surface area contributed by atoms with Crippen molar-refractivity contribution in [3.8, 4) is 5.75 Å². The van der Waals surface area contributed by atoms with E-state index >= 15 is 0 Å². The van der Waals surface area contributed by atoms with E-state index in [0.29, 0.717) is 0 Å². The van der Waals surface area contributed by atoms with E-state index in [2.05, 4.69) is 23.7 Å². The summed E-state index contributed by atoms with van der Waals surface area (Å²) in [7, 11) is 0. The van der Waals surface area contributed by atoms with Crippen molar-refractivity contribution in [3.63, 3.8) is 0 Å². The maximum absolute atomic E-state index is 10.2. The Bertz CT molecular complexity index is 483. The van der Waals surface area contributed by atoms with Crippen LogP contribution in [-0.2, 0) is 0 Å². The van der Waals surface area contributed by atoms with Crippen LogP contribution in [0.25, 0.3) is 0 Å². The average Bonchev–Trinajstić information content (AvgIpc) is 2.49. The van der Waals surface area contributed by atoms with Gasteiger partial charge in [0.25, 0.3) is 0 Å². The second-order valence-electron chi connectivity index (χ2n) is 5.71. The summed E-state index contributed by atoms with van der Waals surface area (Å²) in [6, 6.07) is 6.14. The predicted molar refractivity (Wildman–Crippen MR) is 89.5 cm³/mol. The largest absolute Gasteiger partial charge is 0.507 e. The zero-order valence-corrected chi connectivity index (χ0v) is 13.1. The van der Waals surface area contributed by atoms with Gasteiger partial charge in [-0.25, -0.2) is 0 Å². The molecule has 3 N–H and O–H groups in total. The van der Waals surface area contributed by atoms with E-state index in [1.807, 2.05) is 18.2 Å². The Balaban J connectivity index is 2.10. The quantitative estimate of drug-likeness (QED) is 0.819. The molecule has 1 aromatic rings. The van der Waals surface area contributed by atoms with E-state index in [-0.39, 0.29) is 17.8 Å². The van der Waals surface area contributed by atoms with E-state index in [1.54, 1.807) is 6.21 Å². The lowest BCUT2D eigenvalue weighted by Crippen LogP contribution is -2.36. The molecule has 0 radical (unpaired) electrons. The van der Waals surface area contributed by atoms with Crippen molar-refractivity contribution >= 4 is 11.9 Å². The first-order chi connectivity index (χ1) is 10.2. The number of nitrogens with zero attached hydrogens (tertiary/aromatic N) is 2. The first-order valence-electron chi connectivity index (χ1n) is 8.02. The normalized spacial score (nSPS) is 22.6. The summed E-state index contributed by atoms with van der Waals surface area (Å²) in [6.07, 6.45) is 6.28. The SMILES string of the molecule is CCN(CC)c1ccc(C=N[C@@H]2CCCC[C@H]2N)c(O)c1. The highest BCUT2D eigenvalue weighted by atomic mass is 16.3. The Morgan fingerprint density at radius 1 is 1.29 bits per heavy atom. The summed E-state index contributed by atoms with van der Waals surface area (Å²) >= 11 is 0. The van der Waals surface area contributed by atoms with Crippen molar-refractivity contribution in [2.45, 2.75) is 51.6 Å². The summed E-state index contributed by atoms with van der Waals surface area (Å²) in [5.74, 6) is 0.285. The highest BCUT2D eigenvalue weighted by Gasteiger charge is 2.20. The molecule has 4 nitrogen and oxygen atoms in total. The maximum atomic E-state index is 10.2. The molecule has 4 heteroatoms. The molecule has 2 rings (SSSR count). The lowest BCUT2D eigenvalue weighted by atomic mass is 9.91. The summed E-state index contributed by atoms with van der Waals surface area (Å²) in [4.78, 5) is 6.79. The van der Waals surface area contributed by atoms with Crippen LogP contribution in [0.5, 0.6) is 5.75 Å². The van der Waals surface area contributed by atoms with Crippen molar-refractivity contribution in [1.82, 2.24) is 0 Å². The molecule has 1 aliphatic carbocycles. The molecule has 0 aliphatic heterocycles. The molecule has 1 saturated carbocycles. The summed E-state index contributed by atoms with van der Waals surface area (Å²) in [5.41, 5.74) is 7.91. The minimum atomic E-state index is 0.159. The van der Waals surface area contributed by atoms with Gasteiger partial charge in [-0.3, -0.25) is 4.99 Å². The van der Waals surface area contributed by atoms with Gasteiger partial charge in [0.1, 0.15) is 5.75 Å². The average molecular weight is 289 g/mol. The summed E-state index contributed by atoms with van der Waals surface area (Å²) in [5, 5.41) is 10.2. The van der Waals surface area contributed by atoms with Gasteiger partial charge in [-0.1, -0.05) is 12.8 Å². The van der Waals surface area contributed by atoms with E-state index in [1.165, 1.54) is 12.8 Å². The van der Waals surface area contributed by atoms with E-state index < -0.39 is 0 Å². The minimum Gasteiger partial charge on any atom is -0.507 e. The number of nitrogens with two attached hydrogens (primary N) is 1. The lowest BCUT2D eigenvalue weighted by molar-refractivity contribution is 0.387. The summed E-state index contributed by atoms with van der Waals surface area (Å²) < 4.78 is 0. The monoisotopic (exact) mass is 289 g/mol. The molecule has 0 unspecified atom stereocenters. The number of aromatic hydroxyl groups is 1. The second-order valence-corrected chi connectivity index (χ2v) is 5.71. The van der Waals surface area contributed by atoms with E-state index in [9.17, 15) is 5.11 Å². The third kappa shape index (κ3) is 3.97.